The van der Waals surface area contributed by atoms with Crippen molar-refractivity contribution in [3.63, 3.8) is 0 Å². The van der Waals surface area contributed by atoms with Gasteiger partial charge in [0.25, 0.3) is 0 Å². The van der Waals surface area contributed by atoms with E-state index in [0.717, 1.165) is 6.42 Å². The lowest BCUT2D eigenvalue weighted by molar-refractivity contribution is -0.143. The van der Waals surface area contributed by atoms with Crippen LogP contribution in [0.5, 0.6) is 0 Å². The molecule has 0 heterocycles. The van der Waals surface area contributed by atoms with Crippen molar-refractivity contribution in [2.45, 2.75) is 46.6 Å². The van der Waals surface area contributed by atoms with Gasteiger partial charge in [-0.15, -0.1) is 0 Å². The summed E-state index contributed by atoms with van der Waals surface area (Å²) in [6.07, 6.45) is 0.603. The fourth-order valence-electron chi connectivity index (χ4n) is 1.52. The zero-order valence-electron chi connectivity index (χ0n) is 11.9. The maximum atomic E-state index is 11.8. The molecule has 6 heteroatoms. The molecule has 0 rings (SSSR count). The first kappa shape index (κ1) is 17.4. The number of hydrogen-bond acceptors (Lipinski definition) is 4. The average Bonchev–Trinajstić information content (AvgIpc) is 2.31. The summed E-state index contributed by atoms with van der Waals surface area (Å²) in [5.41, 5.74) is 0. The number of amides is 1. The van der Waals surface area contributed by atoms with E-state index in [1.165, 1.54) is 6.92 Å². The van der Waals surface area contributed by atoms with Crippen LogP contribution in [0.4, 0.5) is 0 Å². The van der Waals surface area contributed by atoms with Crippen LogP contribution in [0.2, 0.25) is 0 Å². The second kappa shape index (κ2) is 8.50. The van der Waals surface area contributed by atoms with Gasteiger partial charge >= 0.3 is 11.9 Å². The largest absolute Gasteiger partial charge is 0.481 e. The van der Waals surface area contributed by atoms with Crippen LogP contribution in [0.15, 0.2) is 0 Å². The van der Waals surface area contributed by atoms with E-state index in [-0.39, 0.29) is 30.9 Å². The fourth-order valence-corrected chi connectivity index (χ4v) is 1.52. The van der Waals surface area contributed by atoms with Crippen molar-refractivity contribution in [3.05, 3.63) is 0 Å². The van der Waals surface area contributed by atoms with E-state index in [1.54, 1.807) is 6.92 Å². The lowest BCUT2D eigenvalue weighted by Crippen LogP contribution is -2.45. The van der Waals surface area contributed by atoms with Crippen molar-refractivity contribution in [2.24, 2.45) is 11.8 Å². The van der Waals surface area contributed by atoms with Crippen molar-refractivity contribution >= 4 is 17.8 Å². The molecular formula is C13H23NO5. The molecule has 3 atom stereocenters. The van der Waals surface area contributed by atoms with Gasteiger partial charge in [0.2, 0.25) is 5.91 Å². The zero-order chi connectivity index (χ0) is 15.0. The molecule has 0 aromatic heterocycles. The van der Waals surface area contributed by atoms with Crippen molar-refractivity contribution in [1.82, 2.24) is 5.32 Å². The minimum atomic E-state index is -1.01. The van der Waals surface area contributed by atoms with E-state index in [9.17, 15) is 14.4 Å². The van der Waals surface area contributed by atoms with E-state index in [4.69, 9.17) is 9.84 Å². The number of rotatable bonds is 8. The predicted molar refractivity (Wildman–Crippen MR) is 69.4 cm³/mol. The third-order valence-corrected chi connectivity index (χ3v) is 3.05. The Bertz CT molecular complexity index is 329. The molecule has 0 bridgehead atoms. The maximum absolute atomic E-state index is 11.8. The molecule has 0 aromatic carbocycles. The lowest BCUT2D eigenvalue weighted by atomic mass is 9.98. The molecule has 0 aliphatic rings. The van der Waals surface area contributed by atoms with Crippen LogP contribution in [0.3, 0.4) is 0 Å². The zero-order valence-corrected chi connectivity index (χ0v) is 11.9. The quantitative estimate of drug-likeness (QED) is 0.648. The topological polar surface area (TPSA) is 92.7 Å². The Morgan fingerprint density at radius 3 is 2.26 bits per heavy atom. The average molecular weight is 273 g/mol. The molecule has 0 aliphatic carbocycles. The molecule has 0 aromatic rings. The number of carboxylic acid groups (broad SMARTS) is 1. The molecular weight excluding hydrogens is 250 g/mol. The minimum absolute atomic E-state index is 0.107. The minimum Gasteiger partial charge on any atom is -0.481 e. The standard InChI is InChI=1S/C13H23NO5/c1-5-8(2)11(7-19-10(4)15)14-13(18)9(3)6-12(16)17/h8-9,11H,5-7H2,1-4H3,(H,14,18)(H,16,17). The lowest BCUT2D eigenvalue weighted by Gasteiger charge is -2.25. The maximum Gasteiger partial charge on any atom is 0.304 e. The van der Waals surface area contributed by atoms with Crippen LogP contribution in [0.1, 0.15) is 40.5 Å². The van der Waals surface area contributed by atoms with Crippen LogP contribution in [0, 0.1) is 11.8 Å². The van der Waals surface area contributed by atoms with Crippen molar-refractivity contribution < 1.29 is 24.2 Å². The molecule has 0 saturated heterocycles. The number of hydrogen-bond donors (Lipinski definition) is 2. The first-order chi connectivity index (χ1) is 8.77. The highest BCUT2D eigenvalue weighted by molar-refractivity contribution is 5.83. The Labute approximate surface area is 113 Å². The molecule has 0 aliphatic heterocycles. The second-order valence-electron chi connectivity index (χ2n) is 4.80. The summed E-state index contributed by atoms with van der Waals surface area (Å²) in [6.45, 7) is 6.88. The second-order valence-corrected chi connectivity index (χ2v) is 4.80. The Hall–Kier alpha value is -1.59. The number of esters is 1. The van der Waals surface area contributed by atoms with Gasteiger partial charge in [-0.2, -0.15) is 0 Å². The van der Waals surface area contributed by atoms with Gasteiger partial charge in [0.05, 0.1) is 12.5 Å². The molecule has 19 heavy (non-hydrogen) atoms. The molecule has 3 unspecified atom stereocenters. The third kappa shape index (κ3) is 7.43. The van der Waals surface area contributed by atoms with Crippen molar-refractivity contribution in [3.8, 4) is 0 Å². The number of nitrogens with one attached hydrogen (secondary N) is 1. The van der Waals surface area contributed by atoms with Crippen LogP contribution in [0.25, 0.3) is 0 Å². The van der Waals surface area contributed by atoms with Gasteiger partial charge in [-0.25, -0.2) is 0 Å². The molecule has 110 valence electrons. The highest BCUT2D eigenvalue weighted by Crippen LogP contribution is 2.10. The third-order valence-electron chi connectivity index (χ3n) is 3.05. The van der Waals surface area contributed by atoms with E-state index >= 15 is 0 Å². The Balaban J connectivity index is 4.49. The van der Waals surface area contributed by atoms with Gasteiger partial charge in [0, 0.05) is 12.8 Å². The molecule has 0 radical (unpaired) electrons. The number of carbonyl (C=O) groups excluding carboxylic acids is 2. The molecule has 0 spiro atoms. The van der Waals surface area contributed by atoms with Gasteiger partial charge in [0.1, 0.15) is 6.61 Å². The molecule has 6 nitrogen and oxygen atoms in total. The van der Waals surface area contributed by atoms with Crippen LogP contribution in [-0.4, -0.2) is 35.6 Å². The Morgan fingerprint density at radius 1 is 1.26 bits per heavy atom. The highest BCUT2D eigenvalue weighted by atomic mass is 16.5. The summed E-state index contributed by atoms with van der Waals surface area (Å²) in [7, 11) is 0. The van der Waals surface area contributed by atoms with Crippen LogP contribution < -0.4 is 5.32 Å². The van der Waals surface area contributed by atoms with Gasteiger partial charge in [-0.1, -0.05) is 27.2 Å². The van der Waals surface area contributed by atoms with E-state index in [0.29, 0.717) is 0 Å². The SMILES string of the molecule is CCC(C)C(COC(C)=O)NC(=O)C(C)CC(=O)O. The van der Waals surface area contributed by atoms with Crippen molar-refractivity contribution in [2.75, 3.05) is 6.61 Å². The van der Waals surface area contributed by atoms with Crippen molar-refractivity contribution in [1.29, 1.82) is 0 Å². The molecule has 1 amide bonds. The summed E-state index contributed by atoms with van der Waals surface area (Å²) >= 11 is 0. The first-order valence-electron chi connectivity index (χ1n) is 6.43. The van der Waals surface area contributed by atoms with E-state index < -0.39 is 17.9 Å². The molecule has 0 saturated carbocycles. The summed E-state index contributed by atoms with van der Waals surface area (Å²) < 4.78 is 4.92. The number of carboxylic acids is 1. The smallest absolute Gasteiger partial charge is 0.304 e. The molecule has 2 N–H and O–H groups in total. The van der Waals surface area contributed by atoms with Crippen LogP contribution in [-0.2, 0) is 19.1 Å². The van der Waals surface area contributed by atoms with Crippen LogP contribution >= 0.6 is 0 Å². The number of ether oxygens (including phenoxy) is 1. The van der Waals surface area contributed by atoms with E-state index in [1.807, 2.05) is 13.8 Å². The highest BCUT2D eigenvalue weighted by Gasteiger charge is 2.23. The predicted octanol–water partition coefficient (Wildman–Crippen LogP) is 1.19. The summed E-state index contributed by atoms with van der Waals surface area (Å²) in [5, 5.41) is 11.4. The van der Waals surface area contributed by atoms with Gasteiger partial charge in [-0.05, 0) is 5.92 Å². The van der Waals surface area contributed by atoms with Gasteiger partial charge in [-0.3, -0.25) is 14.4 Å². The van der Waals surface area contributed by atoms with Gasteiger partial charge < -0.3 is 15.2 Å². The first-order valence-corrected chi connectivity index (χ1v) is 6.43. The monoisotopic (exact) mass is 273 g/mol. The molecule has 0 fully saturated rings. The Morgan fingerprint density at radius 2 is 1.84 bits per heavy atom. The summed E-state index contributed by atoms with van der Waals surface area (Å²) in [6, 6.07) is -0.294. The normalized spacial score (nSPS) is 15.2. The summed E-state index contributed by atoms with van der Waals surface area (Å²) in [4.78, 5) is 33.2. The van der Waals surface area contributed by atoms with Gasteiger partial charge in [0.15, 0.2) is 0 Å². The number of carbonyl (C=O) groups is 3. The number of aliphatic carboxylic acids is 1. The Kier molecular flexibility index (Phi) is 7.79. The summed E-state index contributed by atoms with van der Waals surface area (Å²) in [5.74, 6) is -2.22. The van der Waals surface area contributed by atoms with E-state index in [2.05, 4.69) is 5.32 Å². The fraction of sp³-hybridized carbons (Fsp3) is 0.769.